The highest BCUT2D eigenvalue weighted by molar-refractivity contribution is 7.92. The second-order valence-corrected chi connectivity index (χ2v) is 8.98. The fourth-order valence-corrected chi connectivity index (χ4v) is 6.01. The van der Waals surface area contributed by atoms with Crippen LogP contribution in [0.4, 0.5) is 0 Å². The third-order valence-electron chi connectivity index (χ3n) is 4.53. The molecule has 0 unspecified atom stereocenters. The summed E-state index contributed by atoms with van der Waals surface area (Å²) in [4.78, 5) is 0.141. The van der Waals surface area contributed by atoms with Crippen LogP contribution in [-0.4, -0.2) is 27.4 Å². The lowest BCUT2D eigenvalue weighted by atomic mass is 10.0. The average Bonchev–Trinajstić information content (AvgIpc) is 3.26. The Bertz CT molecular complexity index is 938. The molecule has 0 N–H and O–H groups in total. The predicted octanol–water partition coefficient (Wildman–Crippen LogP) is 4.09. The van der Waals surface area contributed by atoms with Gasteiger partial charge in [-0.25, -0.2) is 8.42 Å². The van der Waals surface area contributed by atoms with E-state index in [1.54, 1.807) is 24.3 Å². The maximum atomic E-state index is 13.1. The van der Waals surface area contributed by atoms with Crippen LogP contribution in [0.1, 0.15) is 11.5 Å². The lowest BCUT2D eigenvalue weighted by Crippen LogP contribution is -2.19. The fraction of sp³-hybridized carbons (Fsp3) is 0.278. The van der Waals surface area contributed by atoms with Gasteiger partial charge in [0, 0.05) is 23.1 Å². The molecule has 0 amide bonds. The van der Waals surface area contributed by atoms with E-state index in [9.17, 15) is 13.7 Å². The van der Waals surface area contributed by atoms with E-state index in [0.717, 1.165) is 0 Å². The Morgan fingerprint density at radius 2 is 1.84 bits per heavy atom. The van der Waals surface area contributed by atoms with Crippen LogP contribution in [0.5, 0.6) is 0 Å². The SMILES string of the molecule is COC[C@@]1(C#N)[C@@H](c2cccc(Cl)c2)[C@@H]1S(=O)(=O)c1ccc(Cl)cc1. The highest BCUT2D eigenvalue weighted by atomic mass is 35.5. The molecule has 0 radical (unpaired) electrons. The molecule has 0 spiro atoms. The lowest BCUT2D eigenvalue weighted by molar-refractivity contribution is 0.162. The smallest absolute Gasteiger partial charge is 0.183 e. The summed E-state index contributed by atoms with van der Waals surface area (Å²) in [6.45, 7) is 0.0260. The summed E-state index contributed by atoms with van der Waals surface area (Å²) in [6.07, 6.45) is 0. The van der Waals surface area contributed by atoms with E-state index in [4.69, 9.17) is 27.9 Å². The molecule has 0 aliphatic heterocycles. The normalized spacial score (nSPS) is 25.4. The summed E-state index contributed by atoms with van der Waals surface area (Å²) in [5, 5.41) is 9.81. The van der Waals surface area contributed by atoms with Crippen LogP contribution in [0.25, 0.3) is 0 Å². The van der Waals surface area contributed by atoms with Gasteiger partial charge in [-0.1, -0.05) is 35.3 Å². The zero-order valence-electron chi connectivity index (χ0n) is 13.3. The minimum Gasteiger partial charge on any atom is -0.383 e. The van der Waals surface area contributed by atoms with E-state index in [2.05, 4.69) is 6.07 Å². The molecule has 0 saturated heterocycles. The van der Waals surface area contributed by atoms with Crippen LogP contribution in [0.15, 0.2) is 53.4 Å². The molecule has 3 atom stereocenters. The second-order valence-electron chi connectivity index (χ2n) is 6.04. The van der Waals surface area contributed by atoms with Gasteiger partial charge in [0.15, 0.2) is 9.84 Å². The molecule has 130 valence electrons. The van der Waals surface area contributed by atoms with Crippen LogP contribution in [0.2, 0.25) is 10.0 Å². The number of hydrogen-bond acceptors (Lipinski definition) is 4. The number of benzene rings is 2. The van der Waals surface area contributed by atoms with Crippen molar-refractivity contribution in [1.29, 1.82) is 5.26 Å². The zero-order chi connectivity index (χ0) is 18.2. The largest absolute Gasteiger partial charge is 0.383 e. The van der Waals surface area contributed by atoms with E-state index in [1.807, 2.05) is 0 Å². The van der Waals surface area contributed by atoms with Crippen molar-refractivity contribution < 1.29 is 13.2 Å². The van der Waals surface area contributed by atoms with E-state index in [1.165, 1.54) is 31.4 Å². The molecule has 0 aromatic heterocycles. The molecular formula is C18H15Cl2NO3S. The van der Waals surface area contributed by atoms with Gasteiger partial charge in [0.25, 0.3) is 0 Å². The van der Waals surface area contributed by atoms with Gasteiger partial charge in [0.05, 0.1) is 22.8 Å². The number of methoxy groups -OCH3 is 1. The van der Waals surface area contributed by atoms with Crippen LogP contribution in [-0.2, 0) is 14.6 Å². The van der Waals surface area contributed by atoms with E-state index in [0.29, 0.717) is 15.6 Å². The number of rotatable bonds is 5. The standard InChI is InChI=1S/C18H15Cl2NO3S/c1-24-11-18(10-21)16(12-3-2-4-14(20)9-12)17(18)25(22,23)15-7-5-13(19)6-8-15/h2-9,16-17H,11H2,1H3/t16-,17-,18-/m0/s1. The van der Waals surface area contributed by atoms with Gasteiger partial charge < -0.3 is 4.74 Å². The van der Waals surface area contributed by atoms with E-state index in [-0.39, 0.29) is 11.5 Å². The summed E-state index contributed by atoms with van der Waals surface area (Å²) in [6, 6.07) is 15.1. The molecule has 1 aliphatic rings. The number of sulfone groups is 1. The lowest BCUT2D eigenvalue weighted by Gasteiger charge is -2.08. The molecular weight excluding hydrogens is 381 g/mol. The molecule has 4 nitrogen and oxygen atoms in total. The van der Waals surface area contributed by atoms with Crippen LogP contribution >= 0.6 is 23.2 Å². The van der Waals surface area contributed by atoms with Crippen molar-refractivity contribution in [2.45, 2.75) is 16.1 Å². The maximum Gasteiger partial charge on any atom is 0.183 e. The molecule has 2 aromatic rings. The number of nitrogens with zero attached hydrogens (tertiary/aromatic N) is 1. The van der Waals surface area contributed by atoms with Crippen molar-refractivity contribution in [3.63, 3.8) is 0 Å². The summed E-state index contributed by atoms with van der Waals surface area (Å²) < 4.78 is 31.5. The van der Waals surface area contributed by atoms with Gasteiger partial charge in [-0.05, 0) is 42.0 Å². The van der Waals surface area contributed by atoms with Crippen LogP contribution in [0.3, 0.4) is 0 Å². The summed E-state index contributed by atoms with van der Waals surface area (Å²) in [5.41, 5.74) is -0.425. The highest BCUT2D eigenvalue weighted by Gasteiger charge is 2.72. The highest BCUT2D eigenvalue weighted by Crippen LogP contribution is 2.64. The maximum absolute atomic E-state index is 13.1. The molecule has 0 bridgehead atoms. The average molecular weight is 396 g/mol. The number of ether oxygens (including phenoxy) is 1. The summed E-state index contributed by atoms with van der Waals surface area (Å²) in [5.74, 6) is -0.503. The third-order valence-corrected chi connectivity index (χ3v) is 7.31. The number of hydrogen-bond donors (Lipinski definition) is 0. The molecule has 7 heteroatoms. The van der Waals surface area contributed by atoms with Crippen LogP contribution in [0, 0.1) is 16.7 Å². The Hall–Kier alpha value is -1.58. The van der Waals surface area contributed by atoms with Gasteiger partial charge in [-0.3, -0.25) is 0 Å². The molecule has 1 fully saturated rings. The Labute approximate surface area is 156 Å². The van der Waals surface area contributed by atoms with Crippen molar-refractivity contribution in [2.24, 2.45) is 5.41 Å². The Morgan fingerprint density at radius 1 is 1.16 bits per heavy atom. The number of nitriles is 1. The second kappa shape index (κ2) is 6.62. The monoisotopic (exact) mass is 395 g/mol. The van der Waals surface area contributed by atoms with E-state index >= 15 is 0 Å². The van der Waals surface area contributed by atoms with Gasteiger partial charge in [0.1, 0.15) is 5.41 Å². The summed E-state index contributed by atoms with van der Waals surface area (Å²) >= 11 is 11.9. The first-order valence-corrected chi connectivity index (χ1v) is 9.82. The first-order chi connectivity index (χ1) is 11.9. The third kappa shape index (κ3) is 3.04. The van der Waals surface area contributed by atoms with Gasteiger partial charge in [-0.15, -0.1) is 0 Å². The van der Waals surface area contributed by atoms with Crippen molar-refractivity contribution in [2.75, 3.05) is 13.7 Å². The topological polar surface area (TPSA) is 67.2 Å². The molecule has 1 aliphatic carbocycles. The zero-order valence-corrected chi connectivity index (χ0v) is 15.6. The van der Waals surface area contributed by atoms with Gasteiger partial charge in [-0.2, -0.15) is 5.26 Å². The van der Waals surface area contributed by atoms with Crippen molar-refractivity contribution in [1.82, 2.24) is 0 Å². The molecule has 1 saturated carbocycles. The molecule has 2 aromatic carbocycles. The Morgan fingerprint density at radius 3 is 2.40 bits per heavy atom. The first-order valence-electron chi connectivity index (χ1n) is 7.52. The minimum atomic E-state index is -3.74. The Balaban J connectivity index is 2.09. The van der Waals surface area contributed by atoms with Gasteiger partial charge in [0.2, 0.25) is 0 Å². The van der Waals surface area contributed by atoms with Crippen LogP contribution < -0.4 is 0 Å². The molecule has 0 heterocycles. The molecule has 3 rings (SSSR count). The van der Waals surface area contributed by atoms with Crippen molar-refractivity contribution in [3.05, 3.63) is 64.1 Å². The minimum absolute atomic E-state index is 0.0260. The Kier molecular flexibility index (Phi) is 4.82. The number of halogens is 2. The first kappa shape index (κ1) is 18.2. The predicted molar refractivity (Wildman–Crippen MR) is 96.5 cm³/mol. The van der Waals surface area contributed by atoms with E-state index < -0.39 is 26.4 Å². The quantitative estimate of drug-likeness (QED) is 0.764. The molecule has 25 heavy (non-hydrogen) atoms. The fourth-order valence-electron chi connectivity index (χ4n) is 3.38. The van der Waals surface area contributed by atoms with Crippen molar-refractivity contribution >= 4 is 33.0 Å². The summed E-state index contributed by atoms with van der Waals surface area (Å²) in [7, 11) is -2.28. The van der Waals surface area contributed by atoms with Crippen molar-refractivity contribution in [3.8, 4) is 6.07 Å². The van der Waals surface area contributed by atoms with Gasteiger partial charge >= 0.3 is 0 Å².